The van der Waals surface area contributed by atoms with Gasteiger partial charge in [-0.2, -0.15) is 13.2 Å². The highest BCUT2D eigenvalue weighted by molar-refractivity contribution is 5.88. The number of aromatic nitrogens is 3. The predicted octanol–water partition coefficient (Wildman–Crippen LogP) is 2.77. The van der Waals surface area contributed by atoms with Gasteiger partial charge in [-0.25, -0.2) is 0 Å². The molecule has 1 aromatic carbocycles. The van der Waals surface area contributed by atoms with Crippen molar-refractivity contribution in [1.82, 2.24) is 20.1 Å². The van der Waals surface area contributed by atoms with E-state index in [1.807, 2.05) is 30.3 Å². The highest BCUT2D eigenvalue weighted by Crippen LogP contribution is 2.36. The van der Waals surface area contributed by atoms with Gasteiger partial charge in [-0.1, -0.05) is 30.3 Å². The number of hydrogen-bond acceptors (Lipinski definition) is 4. The van der Waals surface area contributed by atoms with Crippen LogP contribution in [0, 0.1) is 5.92 Å². The zero-order valence-electron chi connectivity index (χ0n) is 15.9. The van der Waals surface area contributed by atoms with Crippen LogP contribution in [0.15, 0.2) is 30.3 Å². The molecule has 1 amide bonds. The van der Waals surface area contributed by atoms with Gasteiger partial charge in [-0.15, -0.1) is 10.2 Å². The van der Waals surface area contributed by atoms with Gasteiger partial charge in [0, 0.05) is 26.2 Å². The molecule has 1 aromatic heterocycles. The second-order valence-corrected chi connectivity index (χ2v) is 7.66. The summed E-state index contributed by atoms with van der Waals surface area (Å²) in [6.07, 6.45) is -2.89. The summed E-state index contributed by atoms with van der Waals surface area (Å²) in [5.41, 5.74) is 0.208. The molecule has 0 bridgehead atoms. The van der Waals surface area contributed by atoms with Crippen LogP contribution in [0.3, 0.4) is 0 Å². The van der Waals surface area contributed by atoms with Crippen LogP contribution in [0.4, 0.5) is 13.2 Å². The number of nitrogens with zero attached hydrogens (tertiary/aromatic N) is 3. The van der Waals surface area contributed by atoms with Gasteiger partial charge in [0.2, 0.25) is 5.91 Å². The average Bonchev–Trinajstić information content (AvgIpc) is 3.15. The maximum absolute atomic E-state index is 13.2. The van der Waals surface area contributed by atoms with Crippen molar-refractivity contribution in [3.8, 4) is 0 Å². The number of amides is 1. The third kappa shape index (κ3) is 3.88. The van der Waals surface area contributed by atoms with Crippen molar-refractivity contribution in [2.45, 2.75) is 50.4 Å². The molecule has 0 radical (unpaired) electrons. The quantitative estimate of drug-likeness (QED) is 0.845. The van der Waals surface area contributed by atoms with Crippen LogP contribution in [0.5, 0.6) is 0 Å². The van der Waals surface area contributed by atoms with Crippen LogP contribution in [0.25, 0.3) is 0 Å². The molecule has 4 rings (SSSR count). The van der Waals surface area contributed by atoms with Gasteiger partial charge >= 0.3 is 6.18 Å². The van der Waals surface area contributed by atoms with Crippen molar-refractivity contribution in [2.75, 3.05) is 13.2 Å². The van der Waals surface area contributed by atoms with E-state index in [2.05, 4.69) is 15.5 Å². The minimum atomic E-state index is -4.25. The lowest BCUT2D eigenvalue weighted by Crippen LogP contribution is -2.48. The van der Waals surface area contributed by atoms with E-state index < -0.39 is 17.5 Å². The number of halogens is 3. The number of carbonyl (C=O) groups excluding carboxylic acids is 1. The molecule has 29 heavy (non-hydrogen) atoms. The Bertz CT molecular complexity index is 860. The van der Waals surface area contributed by atoms with E-state index in [-0.39, 0.29) is 31.8 Å². The minimum Gasteiger partial charge on any atom is -0.381 e. The third-order valence-corrected chi connectivity index (χ3v) is 6.00. The largest absolute Gasteiger partial charge is 0.393 e. The first-order valence-corrected chi connectivity index (χ1v) is 9.79. The van der Waals surface area contributed by atoms with Gasteiger partial charge < -0.3 is 14.6 Å². The molecule has 1 saturated heterocycles. The summed E-state index contributed by atoms with van der Waals surface area (Å²) in [7, 11) is 0. The summed E-state index contributed by atoms with van der Waals surface area (Å²) in [4.78, 5) is 13.2. The Morgan fingerprint density at radius 1 is 1.21 bits per heavy atom. The third-order valence-electron chi connectivity index (χ3n) is 6.00. The van der Waals surface area contributed by atoms with Gasteiger partial charge in [0.25, 0.3) is 0 Å². The summed E-state index contributed by atoms with van der Waals surface area (Å²) >= 11 is 0. The van der Waals surface area contributed by atoms with E-state index >= 15 is 0 Å². The second-order valence-electron chi connectivity index (χ2n) is 7.66. The molecule has 0 spiro atoms. The summed E-state index contributed by atoms with van der Waals surface area (Å²) in [5, 5.41) is 10.9. The normalized spacial score (nSPS) is 21.4. The number of aryl methyl sites for hydroxylation is 1. The van der Waals surface area contributed by atoms with Gasteiger partial charge in [-0.05, 0) is 24.8 Å². The van der Waals surface area contributed by atoms with Crippen molar-refractivity contribution in [1.29, 1.82) is 0 Å². The molecule has 6 nitrogen and oxygen atoms in total. The number of ether oxygens (including phenoxy) is 1. The Morgan fingerprint density at radius 2 is 1.93 bits per heavy atom. The van der Waals surface area contributed by atoms with Gasteiger partial charge in [0.05, 0.1) is 17.9 Å². The first kappa shape index (κ1) is 19.9. The van der Waals surface area contributed by atoms with Gasteiger partial charge in [0.15, 0.2) is 5.82 Å². The molecule has 9 heteroatoms. The summed E-state index contributed by atoms with van der Waals surface area (Å²) in [6, 6.07) is 9.54. The lowest BCUT2D eigenvalue weighted by Gasteiger charge is -2.36. The van der Waals surface area contributed by atoms with Crippen LogP contribution in [-0.4, -0.2) is 40.1 Å². The lowest BCUT2D eigenvalue weighted by atomic mass is 9.73. The molecule has 2 aliphatic heterocycles. The maximum atomic E-state index is 13.2. The summed E-state index contributed by atoms with van der Waals surface area (Å²) in [5.74, 6) is -0.671. The Kier molecular flexibility index (Phi) is 5.33. The van der Waals surface area contributed by atoms with Crippen molar-refractivity contribution in [3.63, 3.8) is 0 Å². The van der Waals surface area contributed by atoms with Crippen molar-refractivity contribution in [2.24, 2.45) is 5.92 Å². The maximum Gasteiger partial charge on any atom is 0.393 e. The molecule has 1 N–H and O–H groups in total. The molecule has 3 heterocycles. The predicted molar refractivity (Wildman–Crippen MR) is 97.9 cm³/mol. The molecule has 0 unspecified atom stereocenters. The summed E-state index contributed by atoms with van der Waals surface area (Å²) in [6.45, 7) is 0.812. The van der Waals surface area contributed by atoms with Crippen molar-refractivity contribution < 1.29 is 22.7 Å². The summed E-state index contributed by atoms with van der Waals surface area (Å²) < 4.78 is 46.4. The topological polar surface area (TPSA) is 69.0 Å². The zero-order chi connectivity index (χ0) is 20.5. The number of alkyl halides is 3. The monoisotopic (exact) mass is 408 g/mol. The van der Waals surface area contributed by atoms with Crippen LogP contribution >= 0.6 is 0 Å². The van der Waals surface area contributed by atoms with Gasteiger partial charge in [-0.3, -0.25) is 4.79 Å². The standard InChI is InChI=1S/C20H23F3N4O2/c21-20(22,23)15-6-7-16-25-26-17(27(16)13-15)12-24-18(28)19(8-10-29-11-9-19)14-4-2-1-3-5-14/h1-5,15H,6-13H2,(H,24,28)/t15-/m1/s1. The fourth-order valence-electron chi connectivity index (χ4n) is 4.23. The van der Waals surface area contributed by atoms with E-state index in [4.69, 9.17) is 4.74 Å². The van der Waals surface area contributed by atoms with Crippen LogP contribution in [0.1, 0.15) is 36.5 Å². The van der Waals surface area contributed by atoms with Crippen LogP contribution in [-0.2, 0) is 34.5 Å². The molecule has 0 saturated carbocycles. The SMILES string of the molecule is O=C(NCc1nnc2n1C[C@H](C(F)(F)F)CC2)C1(c2ccccc2)CCOCC1. The first-order valence-electron chi connectivity index (χ1n) is 9.79. The van der Waals surface area contributed by atoms with Gasteiger partial charge in [0.1, 0.15) is 5.82 Å². The lowest BCUT2D eigenvalue weighted by molar-refractivity contribution is -0.182. The number of nitrogens with one attached hydrogen (secondary N) is 1. The number of carbonyl (C=O) groups is 1. The number of rotatable bonds is 4. The molecule has 1 atom stereocenters. The van der Waals surface area contributed by atoms with E-state index in [1.165, 1.54) is 4.57 Å². The van der Waals surface area contributed by atoms with E-state index in [0.29, 0.717) is 37.7 Å². The van der Waals surface area contributed by atoms with E-state index in [0.717, 1.165) is 5.56 Å². The average molecular weight is 408 g/mol. The molecule has 2 aliphatic rings. The number of fused-ring (bicyclic) bond motifs is 1. The Hall–Kier alpha value is -2.42. The molecule has 0 aliphatic carbocycles. The van der Waals surface area contributed by atoms with E-state index in [1.54, 1.807) is 0 Å². The number of benzene rings is 1. The second kappa shape index (κ2) is 7.78. The Morgan fingerprint density at radius 3 is 2.62 bits per heavy atom. The fourth-order valence-corrected chi connectivity index (χ4v) is 4.23. The zero-order valence-corrected chi connectivity index (χ0v) is 15.9. The number of hydrogen-bond donors (Lipinski definition) is 1. The smallest absolute Gasteiger partial charge is 0.381 e. The van der Waals surface area contributed by atoms with Crippen molar-refractivity contribution >= 4 is 5.91 Å². The minimum absolute atomic E-state index is 0.0190. The Balaban J connectivity index is 1.51. The molecular weight excluding hydrogens is 385 g/mol. The molecule has 2 aromatic rings. The Labute approximate surface area is 166 Å². The fraction of sp³-hybridized carbons (Fsp3) is 0.550. The van der Waals surface area contributed by atoms with Crippen LogP contribution in [0.2, 0.25) is 0 Å². The highest BCUT2D eigenvalue weighted by Gasteiger charge is 2.43. The highest BCUT2D eigenvalue weighted by atomic mass is 19.4. The van der Waals surface area contributed by atoms with Crippen LogP contribution < -0.4 is 5.32 Å². The molecule has 1 fully saturated rings. The molecular formula is C20H23F3N4O2. The van der Waals surface area contributed by atoms with E-state index in [9.17, 15) is 18.0 Å². The van der Waals surface area contributed by atoms with Crippen molar-refractivity contribution in [3.05, 3.63) is 47.5 Å². The molecule has 156 valence electrons. The first-order chi connectivity index (χ1) is 13.9.